The first-order valence-corrected chi connectivity index (χ1v) is 5.97. The Hall–Kier alpha value is -0.260. The zero-order valence-electron chi connectivity index (χ0n) is 9.10. The molecule has 2 aliphatic rings. The Morgan fingerprint density at radius 3 is 1.67 bits per heavy atom. The van der Waals surface area contributed by atoms with Gasteiger partial charge < -0.3 is 0 Å². The maximum atomic E-state index is 3.60. The van der Waals surface area contributed by atoms with Gasteiger partial charge in [-0.15, -0.1) is 6.58 Å². The van der Waals surface area contributed by atoms with Gasteiger partial charge in [0.25, 0.3) is 0 Å². The highest BCUT2D eigenvalue weighted by Gasteiger charge is 2.30. The molecule has 2 bridgehead atoms. The highest BCUT2D eigenvalue weighted by molar-refractivity contribution is 4.82. The van der Waals surface area contributed by atoms with E-state index in [2.05, 4.69) is 13.5 Å². The first kappa shape index (κ1) is 17.1. The number of rotatable bonds is 3. The van der Waals surface area contributed by atoms with Crippen LogP contribution in [0.1, 0.15) is 73.1 Å². The van der Waals surface area contributed by atoms with E-state index < -0.39 is 0 Å². The number of hydrogen-bond acceptors (Lipinski definition) is 0. The van der Waals surface area contributed by atoms with Crippen LogP contribution in [0.3, 0.4) is 0 Å². The molecular formula is C15H32. The minimum absolute atomic E-state index is 0. The summed E-state index contributed by atoms with van der Waals surface area (Å²) in [7, 11) is 0. The molecule has 2 saturated carbocycles. The number of unbranched alkanes of at least 4 members (excludes halogenated alkanes) is 2. The number of fused-ring (bicyclic) bond motifs is 2. The summed E-state index contributed by atoms with van der Waals surface area (Å²) in [6.07, 6.45) is 13.5. The molecule has 92 valence electrons. The fourth-order valence-electron chi connectivity index (χ4n) is 2.52. The van der Waals surface area contributed by atoms with Crippen molar-refractivity contribution in [3.63, 3.8) is 0 Å². The predicted octanol–water partition coefficient (Wildman–Crippen LogP) is 5.83. The lowest BCUT2D eigenvalue weighted by Crippen LogP contribution is -1.90. The third-order valence-corrected chi connectivity index (χ3v) is 3.39. The van der Waals surface area contributed by atoms with Gasteiger partial charge in [0.15, 0.2) is 0 Å². The van der Waals surface area contributed by atoms with Crippen molar-refractivity contribution in [3.8, 4) is 0 Å². The number of allylic oxidation sites excluding steroid dienone is 1. The Balaban J connectivity index is 0. The molecule has 0 aromatic rings. The maximum absolute atomic E-state index is 3.60. The van der Waals surface area contributed by atoms with Crippen LogP contribution in [0.15, 0.2) is 12.7 Å². The largest absolute Gasteiger partial charge is 0.103 e. The molecule has 2 rings (SSSR count). The van der Waals surface area contributed by atoms with Crippen LogP contribution in [0, 0.1) is 11.8 Å². The van der Waals surface area contributed by atoms with Crippen LogP contribution < -0.4 is 0 Å². The van der Waals surface area contributed by atoms with Gasteiger partial charge >= 0.3 is 0 Å². The molecular weight excluding hydrogens is 180 g/mol. The van der Waals surface area contributed by atoms with E-state index in [1.165, 1.54) is 31.1 Å². The Kier molecular flexibility index (Phi) is 11.7. The van der Waals surface area contributed by atoms with Gasteiger partial charge in [-0.3, -0.25) is 0 Å². The summed E-state index contributed by atoms with van der Waals surface area (Å²) in [5.41, 5.74) is 0. The van der Waals surface area contributed by atoms with E-state index in [-0.39, 0.29) is 14.9 Å². The van der Waals surface area contributed by atoms with Gasteiger partial charge in [0.05, 0.1) is 0 Å². The van der Waals surface area contributed by atoms with Gasteiger partial charge in [-0.25, -0.2) is 0 Å². The minimum Gasteiger partial charge on any atom is -0.103 e. The zero-order valence-corrected chi connectivity index (χ0v) is 9.10. The molecule has 0 N–H and O–H groups in total. The molecule has 0 atom stereocenters. The molecule has 0 nitrogen and oxygen atoms in total. The van der Waals surface area contributed by atoms with Crippen LogP contribution in [0.4, 0.5) is 0 Å². The molecule has 0 aliphatic heterocycles. The Labute approximate surface area is 98.2 Å². The third kappa shape index (κ3) is 6.76. The van der Waals surface area contributed by atoms with E-state index in [4.69, 9.17) is 0 Å². The monoisotopic (exact) mass is 212 g/mol. The molecule has 0 amide bonds. The molecule has 0 saturated heterocycles. The Bertz CT molecular complexity index is 119. The average Bonchev–Trinajstić information content (AvgIpc) is 2.79. The summed E-state index contributed by atoms with van der Waals surface area (Å²) in [4.78, 5) is 0. The molecule has 0 radical (unpaired) electrons. The second-order valence-corrected chi connectivity index (χ2v) is 4.55. The summed E-state index contributed by atoms with van der Waals surface area (Å²) < 4.78 is 0. The van der Waals surface area contributed by atoms with Crippen LogP contribution in [-0.4, -0.2) is 0 Å². The molecule has 0 aromatic carbocycles. The van der Waals surface area contributed by atoms with Gasteiger partial charge in [-0.1, -0.05) is 66.4 Å². The van der Waals surface area contributed by atoms with Gasteiger partial charge in [-0.05, 0) is 24.7 Å². The summed E-state index contributed by atoms with van der Waals surface area (Å²) in [5.74, 6) is 2.34. The molecule has 0 aromatic heterocycles. The van der Waals surface area contributed by atoms with Crippen molar-refractivity contribution in [1.82, 2.24) is 0 Å². The molecule has 2 aliphatic carbocycles. The van der Waals surface area contributed by atoms with Crippen molar-refractivity contribution < 1.29 is 0 Å². The van der Waals surface area contributed by atoms with Crippen LogP contribution in [0.2, 0.25) is 0 Å². The van der Waals surface area contributed by atoms with Gasteiger partial charge in [0.1, 0.15) is 0 Å². The average molecular weight is 212 g/mol. The van der Waals surface area contributed by atoms with Gasteiger partial charge in [-0.2, -0.15) is 0 Å². The molecule has 15 heavy (non-hydrogen) atoms. The van der Waals surface area contributed by atoms with E-state index in [9.17, 15) is 0 Å². The highest BCUT2D eigenvalue weighted by Crippen LogP contribution is 2.43. The molecule has 0 unspecified atom stereocenters. The molecule has 0 heteroatoms. The standard InChI is InChI=1S/C7H12.C6H12.2CH4/c1-2-7-4-3-6(1)5-7;1-3-5-6-4-2;;/h6-7H,1-5H2;3H,1,4-6H2,2H3;2*1H4. The first-order valence-electron chi connectivity index (χ1n) is 5.97. The van der Waals surface area contributed by atoms with E-state index in [1.54, 1.807) is 32.1 Å². The first-order chi connectivity index (χ1) is 6.36. The topological polar surface area (TPSA) is 0 Å². The second kappa shape index (κ2) is 10.3. The van der Waals surface area contributed by atoms with Crippen molar-refractivity contribution in [1.29, 1.82) is 0 Å². The lowest BCUT2D eigenvalue weighted by Gasteiger charge is -2.05. The van der Waals surface area contributed by atoms with E-state index >= 15 is 0 Å². The molecule has 0 heterocycles. The van der Waals surface area contributed by atoms with Crippen LogP contribution in [0.25, 0.3) is 0 Å². The summed E-state index contributed by atoms with van der Waals surface area (Å²) >= 11 is 0. The maximum Gasteiger partial charge on any atom is -0.0354 e. The van der Waals surface area contributed by atoms with Crippen molar-refractivity contribution in [2.75, 3.05) is 0 Å². The van der Waals surface area contributed by atoms with Crippen molar-refractivity contribution in [3.05, 3.63) is 12.7 Å². The SMILES string of the molecule is C.C.C1CC2CCC1C2.C=CCCCC. The van der Waals surface area contributed by atoms with Crippen molar-refractivity contribution in [2.24, 2.45) is 11.8 Å². The number of hydrogen-bond donors (Lipinski definition) is 0. The van der Waals surface area contributed by atoms with E-state index in [0.717, 1.165) is 0 Å². The Morgan fingerprint density at radius 2 is 1.53 bits per heavy atom. The highest BCUT2D eigenvalue weighted by atomic mass is 14.4. The fourth-order valence-corrected chi connectivity index (χ4v) is 2.52. The lowest BCUT2D eigenvalue weighted by atomic mass is 10.0. The lowest BCUT2D eigenvalue weighted by molar-refractivity contribution is 0.480. The van der Waals surface area contributed by atoms with E-state index in [0.29, 0.717) is 0 Å². The summed E-state index contributed by atoms with van der Waals surface area (Å²) in [5, 5.41) is 0. The normalized spacial score (nSPS) is 25.7. The minimum atomic E-state index is 0. The smallest absolute Gasteiger partial charge is 0.0354 e. The predicted molar refractivity (Wildman–Crippen MR) is 73.2 cm³/mol. The quantitative estimate of drug-likeness (QED) is 0.408. The second-order valence-electron chi connectivity index (χ2n) is 4.55. The summed E-state index contributed by atoms with van der Waals surface area (Å²) in [6.45, 7) is 5.78. The molecule has 2 fully saturated rings. The Morgan fingerprint density at radius 1 is 1.07 bits per heavy atom. The van der Waals surface area contributed by atoms with Crippen LogP contribution >= 0.6 is 0 Å². The zero-order chi connectivity index (χ0) is 9.52. The van der Waals surface area contributed by atoms with Crippen molar-refractivity contribution in [2.45, 2.75) is 73.1 Å². The third-order valence-electron chi connectivity index (χ3n) is 3.39. The van der Waals surface area contributed by atoms with Crippen LogP contribution in [-0.2, 0) is 0 Å². The van der Waals surface area contributed by atoms with Crippen molar-refractivity contribution >= 4 is 0 Å². The fraction of sp³-hybridized carbons (Fsp3) is 0.867. The van der Waals surface area contributed by atoms with E-state index in [1.807, 2.05) is 6.08 Å². The molecule has 0 spiro atoms. The van der Waals surface area contributed by atoms with Gasteiger partial charge in [0.2, 0.25) is 0 Å². The van der Waals surface area contributed by atoms with Gasteiger partial charge in [0, 0.05) is 0 Å². The summed E-state index contributed by atoms with van der Waals surface area (Å²) in [6, 6.07) is 0. The van der Waals surface area contributed by atoms with Crippen LogP contribution in [0.5, 0.6) is 0 Å².